The van der Waals surface area contributed by atoms with E-state index in [1.54, 1.807) is 13.0 Å². The molecule has 0 aromatic heterocycles. The molecular formula is C12H17NO2. The van der Waals surface area contributed by atoms with Crippen LogP contribution in [0.2, 0.25) is 0 Å². The van der Waals surface area contributed by atoms with Crippen molar-refractivity contribution < 1.29 is 9.90 Å². The standard InChI is InChI=1S/C12H17NO2/c1-8-4-5-11(6-9(8)2)12(15)13-7-10(3)14/h4-6,10,14H,7H2,1-3H3,(H,13,15)/t10-/m0/s1. The van der Waals surface area contributed by atoms with E-state index in [2.05, 4.69) is 5.32 Å². The average Bonchev–Trinajstić information content (AvgIpc) is 2.18. The third kappa shape index (κ3) is 3.36. The van der Waals surface area contributed by atoms with Crippen molar-refractivity contribution in [2.45, 2.75) is 26.9 Å². The molecule has 3 heteroatoms. The number of nitrogens with one attached hydrogen (secondary N) is 1. The third-order valence-corrected chi connectivity index (χ3v) is 2.33. The molecule has 1 atom stereocenters. The Labute approximate surface area is 90.1 Å². The van der Waals surface area contributed by atoms with Crippen molar-refractivity contribution in [1.82, 2.24) is 5.32 Å². The minimum Gasteiger partial charge on any atom is -0.392 e. The summed E-state index contributed by atoms with van der Waals surface area (Å²) in [4.78, 5) is 11.6. The third-order valence-electron chi connectivity index (χ3n) is 2.33. The normalized spacial score (nSPS) is 12.3. The van der Waals surface area contributed by atoms with Crippen LogP contribution in [-0.4, -0.2) is 23.7 Å². The van der Waals surface area contributed by atoms with E-state index in [0.717, 1.165) is 5.56 Å². The molecular weight excluding hydrogens is 190 g/mol. The Morgan fingerprint density at radius 1 is 1.40 bits per heavy atom. The number of hydrogen-bond donors (Lipinski definition) is 2. The lowest BCUT2D eigenvalue weighted by atomic mass is 10.1. The Kier molecular flexibility index (Phi) is 3.86. The van der Waals surface area contributed by atoms with Crippen molar-refractivity contribution in [3.8, 4) is 0 Å². The topological polar surface area (TPSA) is 49.3 Å². The summed E-state index contributed by atoms with van der Waals surface area (Å²) in [5.41, 5.74) is 2.90. The molecule has 0 bridgehead atoms. The first-order valence-corrected chi connectivity index (χ1v) is 5.04. The molecule has 1 aromatic rings. The van der Waals surface area contributed by atoms with E-state index in [4.69, 9.17) is 5.11 Å². The maximum Gasteiger partial charge on any atom is 0.251 e. The van der Waals surface area contributed by atoms with Crippen LogP contribution >= 0.6 is 0 Å². The van der Waals surface area contributed by atoms with Crippen LogP contribution in [0.15, 0.2) is 18.2 Å². The molecule has 1 amide bonds. The lowest BCUT2D eigenvalue weighted by Crippen LogP contribution is -2.30. The van der Waals surface area contributed by atoms with Crippen LogP contribution in [-0.2, 0) is 0 Å². The summed E-state index contributed by atoms with van der Waals surface area (Å²) in [6, 6.07) is 5.57. The van der Waals surface area contributed by atoms with Crippen molar-refractivity contribution in [3.63, 3.8) is 0 Å². The number of hydrogen-bond acceptors (Lipinski definition) is 2. The van der Waals surface area contributed by atoms with Crippen LogP contribution in [0.1, 0.15) is 28.4 Å². The van der Waals surface area contributed by atoms with Gasteiger partial charge in [-0.3, -0.25) is 4.79 Å². The fraction of sp³-hybridized carbons (Fsp3) is 0.417. The predicted octanol–water partition coefficient (Wildman–Crippen LogP) is 1.41. The average molecular weight is 207 g/mol. The quantitative estimate of drug-likeness (QED) is 0.787. The zero-order valence-corrected chi connectivity index (χ0v) is 9.37. The van der Waals surface area contributed by atoms with Gasteiger partial charge in [0.15, 0.2) is 0 Å². The maximum absolute atomic E-state index is 11.6. The fourth-order valence-corrected chi connectivity index (χ4v) is 1.23. The number of aryl methyl sites for hydroxylation is 2. The van der Waals surface area contributed by atoms with Crippen LogP contribution < -0.4 is 5.32 Å². The highest BCUT2D eigenvalue weighted by molar-refractivity contribution is 5.94. The van der Waals surface area contributed by atoms with Gasteiger partial charge in [-0.1, -0.05) is 6.07 Å². The van der Waals surface area contributed by atoms with E-state index in [9.17, 15) is 4.79 Å². The summed E-state index contributed by atoms with van der Waals surface area (Å²) >= 11 is 0. The number of carbonyl (C=O) groups is 1. The van der Waals surface area contributed by atoms with Crippen LogP contribution in [0.3, 0.4) is 0 Å². The summed E-state index contributed by atoms with van der Waals surface area (Å²) in [5, 5.41) is 11.7. The molecule has 2 N–H and O–H groups in total. The van der Waals surface area contributed by atoms with E-state index in [1.807, 2.05) is 26.0 Å². The van der Waals surface area contributed by atoms with Gasteiger partial charge in [0.2, 0.25) is 0 Å². The first-order chi connectivity index (χ1) is 7.00. The largest absolute Gasteiger partial charge is 0.392 e. The van der Waals surface area contributed by atoms with E-state index in [0.29, 0.717) is 5.56 Å². The molecule has 0 spiro atoms. The van der Waals surface area contributed by atoms with E-state index in [1.165, 1.54) is 5.56 Å². The summed E-state index contributed by atoms with van der Waals surface area (Å²) < 4.78 is 0. The van der Waals surface area contributed by atoms with Gasteiger partial charge in [-0.2, -0.15) is 0 Å². The molecule has 0 aliphatic rings. The number of amides is 1. The van der Waals surface area contributed by atoms with Gasteiger partial charge in [-0.05, 0) is 44.0 Å². The monoisotopic (exact) mass is 207 g/mol. The lowest BCUT2D eigenvalue weighted by molar-refractivity contribution is 0.0924. The van der Waals surface area contributed by atoms with E-state index in [-0.39, 0.29) is 12.5 Å². The number of benzene rings is 1. The van der Waals surface area contributed by atoms with Crippen LogP contribution in [0.5, 0.6) is 0 Å². The minimum absolute atomic E-state index is 0.140. The molecule has 0 saturated carbocycles. The number of rotatable bonds is 3. The molecule has 0 radical (unpaired) electrons. The van der Waals surface area contributed by atoms with E-state index < -0.39 is 6.10 Å². The Bertz CT molecular complexity index is 359. The minimum atomic E-state index is -0.513. The Hall–Kier alpha value is -1.35. The zero-order valence-electron chi connectivity index (χ0n) is 9.37. The number of aliphatic hydroxyl groups is 1. The van der Waals surface area contributed by atoms with Gasteiger partial charge >= 0.3 is 0 Å². The summed E-state index contributed by atoms with van der Waals surface area (Å²) in [5.74, 6) is -0.140. The Morgan fingerprint density at radius 2 is 2.07 bits per heavy atom. The van der Waals surface area contributed by atoms with Gasteiger partial charge in [0.1, 0.15) is 0 Å². The number of carbonyl (C=O) groups excluding carboxylic acids is 1. The van der Waals surface area contributed by atoms with Gasteiger partial charge in [-0.15, -0.1) is 0 Å². The van der Waals surface area contributed by atoms with Crippen LogP contribution in [0.25, 0.3) is 0 Å². The SMILES string of the molecule is Cc1ccc(C(=O)NC[C@H](C)O)cc1C. The van der Waals surface area contributed by atoms with Crippen molar-refractivity contribution in [1.29, 1.82) is 0 Å². The lowest BCUT2D eigenvalue weighted by Gasteiger charge is -2.08. The zero-order chi connectivity index (χ0) is 11.4. The van der Waals surface area contributed by atoms with Gasteiger partial charge in [0, 0.05) is 12.1 Å². The van der Waals surface area contributed by atoms with E-state index >= 15 is 0 Å². The second-order valence-electron chi connectivity index (χ2n) is 3.86. The highest BCUT2D eigenvalue weighted by Crippen LogP contribution is 2.09. The highest BCUT2D eigenvalue weighted by atomic mass is 16.3. The smallest absolute Gasteiger partial charge is 0.251 e. The first-order valence-electron chi connectivity index (χ1n) is 5.04. The molecule has 0 heterocycles. The molecule has 0 saturated heterocycles. The molecule has 82 valence electrons. The molecule has 3 nitrogen and oxygen atoms in total. The second kappa shape index (κ2) is 4.94. The van der Waals surface area contributed by atoms with Crippen LogP contribution in [0.4, 0.5) is 0 Å². The van der Waals surface area contributed by atoms with Gasteiger partial charge < -0.3 is 10.4 Å². The second-order valence-corrected chi connectivity index (χ2v) is 3.86. The highest BCUT2D eigenvalue weighted by Gasteiger charge is 2.06. The molecule has 15 heavy (non-hydrogen) atoms. The number of aliphatic hydroxyl groups excluding tert-OH is 1. The first kappa shape index (κ1) is 11.7. The predicted molar refractivity (Wildman–Crippen MR) is 59.9 cm³/mol. The molecule has 0 aliphatic heterocycles. The maximum atomic E-state index is 11.6. The molecule has 0 fully saturated rings. The molecule has 1 aromatic carbocycles. The summed E-state index contributed by atoms with van der Waals surface area (Å²) in [6.07, 6.45) is -0.513. The Balaban J connectivity index is 2.70. The van der Waals surface area contributed by atoms with Gasteiger partial charge in [0.05, 0.1) is 6.10 Å². The van der Waals surface area contributed by atoms with Crippen molar-refractivity contribution in [2.24, 2.45) is 0 Å². The van der Waals surface area contributed by atoms with Gasteiger partial charge in [-0.25, -0.2) is 0 Å². The molecule has 0 unspecified atom stereocenters. The van der Waals surface area contributed by atoms with Crippen molar-refractivity contribution in [3.05, 3.63) is 34.9 Å². The summed E-state index contributed by atoms with van der Waals surface area (Å²) in [7, 11) is 0. The van der Waals surface area contributed by atoms with Crippen molar-refractivity contribution >= 4 is 5.91 Å². The molecule has 0 aliphatic carbocycles. The molecule has 1 rings (SSSR count). The van der Waals surface area contributed by atoms with Crippen LogP contribution in [0, 0.1) is 13.8 Å². The van der Waals surface area contributed by atoms with Crippen molar-refractivity contribution in [2.75, 3.05) is 6.54 Å². The summed E-state index contributed by atoms with van der Waals surface area (Å²) in [6.45, 7) is 5.90. The fourth-order valence-electron chi connectivity index (χ4n) is 1.23. The van der Waals surface area contributed by atoms with Gasteiger partial charge in [0.25, 0.3) is 5.91 Å². The Morgan fingerprint density at radius 3 is 2.60 bits per heavy atom.